The Morgan fingerprint density at radius 1 is 1.14 bits per heavy atom. The van der Waals surface area contributed by atoms with Crippen molar-refractivity contribution in [2.75, 3.05) is 18.4 Å². The van der Waals surface area contributed by atoms with Crippen molar-refractivity contribution >= 4 is 28.4 Å². The fourth-order valence-electron chi connectivity index (χ4n) is 4.99. The minimum absolute atomic E-state index is 0.0557. The molecule has 5 rings (SSSR count). The number of carbonyl (C=O) groups excluding carboxylic acids is 1. The van der Waals surface area contributed by atoms with Gasteiger partial charge >= 0.3 is 0 Å². The van der Waals surface area contributed by atoms with Crippen molar-refractivity contribution in [2.45, 2.75) is 51.5 Å². The van der Waals surface area contributed by atoms with E-state index in [1.807, 2.05) is 11.0 Å². The fraction of sp³-hybridized carbons (Fsp3) is 0.400. The second kappa shape index (κ2) is 9.03. The van der Waals surface area contributed by atoms with Gasteiger partial charge in [-0.25, -0.2) is 23.1 Å². The van der Waals surface area contributed by atoms with E-state index in [9.17, 15) is 18.0 Å². The minimum Gasteiger partial charge on any atom is -0.363 e. The largest absolute Gasteiger partial charge is 0.363 e. The number of piperidine rings is 1. The maximum Gasteiger partial charge on any atom is 0.266 e. The average Bonchev–Trinajstić information content (AvgIpc) is 3.34. The first-order valence-electron chi connectivity index (χ1n) is 11.8. The molecule has 1 aliphatic rings. The lowest BCUT2D eigenvalue weighted by Gasteiger charge is -2.39. The van der Waals surface area contributed by atoms with Crippen LogP contribution in [0.5, 0.6) is 0 Å². The van der Waals surface area contributed by atoms with Gasteiger partial charge < -0.3 is 10.2 Å². The van der Waals surface area contributed by atoms with E-state index in [2.05, 4.69) is 32.4 Å². The lowest BCUT2D eigenvalue weighted by atomic mass is 9.74. The van der Waals surface area contributed by atoms with Gasteiger partial charge in [-0.05, 0) is 31.2 Å². The van der Waals surface area contributed by atoms with Gasteiger partial charge in [-0.2, -0.15) is 0 Å². The summed E-state index contributed by atoms with van der Waals surface area (Å²) in [6.45, 7) is 6.68. The number of likely N-dealkylation sites (tertiary alicyclic amines) is 1. The number of alkyl halides is 2. The quantitative estimate of drug-likeness (QED) is 0.425. The maximum absolute atomic E-state index is 14.8. The van der Waals surface area contributed by atoms with Gasteiger partial charge in [-0.3, -0.25) is 9.20 Å². The first-order valence-corrected chi connectivity index (χ1v) is 11.8. The molecule has 1 saturated heterocycles. The van der Waals surface area contributed by atoms with Crippen LogP contribution in [0.25, 0.3) is 16.7 Å². The molecule has 0 bridgehead atoms. The number of carbonyl (C=O) groups is 1. The highest BCUT2D eigenvalue weighted by Crippen LogP contribution is 2.39. The van der Waals surface area contributed by atoms with Crippen LogP contribution in [0.15, 0.2) is 36.9 Å². The summed E-state index contributed by atoms with van der Waals surface area (Å²) in [4.78, 5) is 22.5. The molecule has 0 radical (unpaired) electrons. The van der Waals surface area contributed by atoms with Crippen LogP contribution < -0.4 is 5.32 Å². The molecule has 0 aliphatic carbocycles. The Labute approximate surface area is 205 Å². The Morgan fingerprint density at radius 3 is 2.56 bits per heavy atom. The number of anilines is 1. The molecule has 1 aromatic carbocycles. The highest BCUT2D eigenvalue weighted by molar-refractivity contribution is 5.90. The van der Waals surface area contributed by atoms with E-state index in [0.717, 1.165) is 24.5 Å². The zero-order chi connectivity index (χ0) is 25.6. The van der Waals surface area contributed by atoms with Gasteiger partial charge in [0.2, 0.25) is 5.91 Å². The van der Waals surface area contributed by atoms with Crippen LogP contribution in [-0.2, 0) is 10.2 Å². The molecule has 4 heterocycles. The molecule has 4 aromatic rings. The lowest BCUT2D eigenvalue weighted by molar-refractivity contribution is -0.130. The van der Waals surface area contributed by atoms with Crippen molar-refractivity contribution in [1.29, 1.82) is 0 Å². The van der Waals surface area contributed by atoms with Gasteiger partial charge in [0.05, 0.1) is 17.0 Å². The number of fused-ring (bicyclic) bond motifs is 3. The van der Waals surface area contributed by atoms with Crippen molar-refractivity contribution < 1.29 is 18.0 Å². The van der Waals surface area contributed by atoms with Crippen molar-refractivity contribution in [3.8, 4) is 0 Å². The van der Waals surface area contributed by atoms with E-state index < -0.39 is 23.8 Å². The molecule has 188 valence electrons. The normalized spacial score (nSPS) is 16.6. The van der Waals surface area contributed by atoms with Crippen LogP contribution in [0.1, 0.15) is 62.8 Å². The molecule has 11 heteroatoms. The smallest absolute Gasteiger partial charge is 0.266 e. The number of pyridine rings is 1. The summed E-state index contributed by atoms with van der Waals surface area (Å²) in [6.07, 6.45) is 1.56. The number of amides is 1. The zero-order valence-corrected chi connectivity index (χ0v) is 20.2. The summed E-state index contributed by atoms with van der Waals surface area (Å²) < 4.78 is 43.1. The Kier molecular flexibility index (Phi) is 6.01. The third-order valence-electron chi connectivity index (χ3n) is 7.24. The van der Waals surface area contributed by atoms with Crippen LogP contribution >= 0.6 is 0 Å². The fourth-order valence-corrected chi connectivity index (χ4v) is 4.99. The number of nitrogens with zero attached hydrogens (tertiary/aromatic N) is 6. The van der Waals surface area contributed by atoms with Crippen LogP contribution in [0.4, 0.5) is 19.0 Å². The minimum atomic E-state index is -2.91. The Hall–Kier alpha value is -3.76. The maximum atomic E-state index is 14.8. The summed E-state index contributed by atoms with van der Waals surface area (Å²) in [5.74, 6) is -0.436. The van der Waals surface area contributed by atoms with Gasteiger partial charge in [0.1, 0.15) is 24.3 Å². The number of aromatic nitrogens is 5. The topological polar surface area (TPSA) is 88.3 Å². The molecule has 1 fully saturated rings. The van der Waals surface area contributed by atoms with Gasteiger partial charge in [-0.1, -0.05) is 25.1 Å². The highest BCUT2D eigenvalue weighted by Gasteiger charge is 2.35. The van der Waals surface area contributed by atoms with Crippen LogP contribution in [0, 0.1) is 5.82 Å². The van der Waals surface area contributed by atoms with Crippen molar-refractivity contribution in [1.82, 2.24) is 29.5 Å². The number of rotatable bonds is 5. The number of benzene rings is 1. The third kappa shape index (κ3) is 4.02. The molecule has 0 unspecified atom stereocenters. The average molecular weight is 498 g/mol. The lowest BCUT2D eigenvalue weighted by Crippen LogP contribution is -2.43. The molecule has 8 nitrogen and oxygen atoms in total. The van der Waals surface area contributed by atoms with Gasteiger partial charge in [0.25, 0.3) is 6.43 Å². The molecule has 1 aliphatic heterocycles. The number of halogens is 3. The molecule has 1 amide bonds. The van der Waals surface area contributed by atoms with Crippen LogP contribution in [0.2, 0.25) is 0 Å². The second-order valence-electron chi connectivity index (χ2n) is 9.53. The first-order chi connectivity index (χ1) is 17.2. The highest BCUT2D eigenvalue weighted by atomic mass is 19.3. The summed E-state index contributed by atoms with van der Waals surface area (Å²) in [7, 11) is 0. The Bertz CT molecular complexity index is 1450. The van der Waals surface area contributed by atoms with Crippen molar-refractivity contribution in [2.24, 2.45) is 0 Å². The SMILES string of the molecule is CC(=O)N1CCC(C)(c2cc3c(N[C@H](C)c4cccc(C(F)F)c4F)ncnc3n3cnnc23)CC1. The summed E-state index contributed by atoms with van der Waals surface area (Å²) >= 11 is 0. The second-order valence-corrected chi connectivity index (χ2v) is 9.53. The van der Waals surface area contributed by atoms with E-state index in [1.54, 1.807) is 24.6 Å². The molecule has 0 spiro atoms. The van der Waals surface area contributed by atoms with E-state index in [0.29, 0.717) is 35.6 Å². The zero-order valence-electron chi connectivity index (χ0n) is 20.2. The Balaban J connectivity index is 1.57. The van der Waals surface area contributed by atoms with Crippen LogP contribution in [-0.4, -0.2) is 48.5 Å². The predicted octanol–water partition coefficient (Wildman–Crippen LogP) is 4.82. The van der Waals surface area contributed by atoms with Crippen molar-refractivity contribution in [3.05, 3.63) is 59.4 Å². The van der Waals surface area contributed by atoms with Gasteiger partial charge in [-0.15, -0.1) is 10.2 Å². The van der Waals surface area contributed by atoms with Crippen molar-refractivity contribution in [3.63, 3.8) is 0 Å². The monoisotopic (exact) mass is 497 g/mol. The molecule has 0 saturated carbocycles. The summed E-state index contributed by atoms with van der Waals surface area (Å²) in [5, 5.41) is 12.3. The molecule has 1 N–H and O–H groups in total. The van der Waals surface area contributed by atoms with Gasteiger partial charge in [0, 0.05) is 31.1 Å². The summed E-state index contributed by atoms with van der Waals surface area (Å²) in [6, 6.07) is 5.32. The number of hydrogen-bond acceptors (Lipinski definition) is 6. The standard InChI is InChI=1S/C25H26F3N7O/c1-14(16-5-4-6-17(20(16)26)21(27)28)32-22-18-11-19(25(3)7-9-34(10-8-25)15(2)36)24-33-31-13-35(24)23(18)30-12-29-22/h4-6,11-14,21H,7-10H2,1-3H3,(H,29,30,32)/t14-/m1/s1. The molecular formula is C25H26F3N7O. The number of hydrogen-bond donors (Lipinski definition) is 1. The first kappa shape index (κ1) is 24.0. The van der Waals surface area contributed by atoms with E-state index in [4.69, 9.17) is 0 Å². The third-order valence-corrected chi connectivity index (χ3v) is 7.24. The van der Waals surface area contributed by atoms with Gasteiger partial charge in [0.15, 0.2) is 11.3 Å². The van der Waals surface area contributed by atoms with E-state index in [1.165, 1.54) is 18.5 Å². The molecule has 3 aromatic heterocycles. The number of nitrogens with one attached hydrogen (secondary N) is 1. The van der Waals surface area contributed by atoms with E-state index in [-0.39, 0.29) is 16.9 Å². The predicted molar refractivity (Wildman–Crippen MR) is 128 cm³/mol. The molecule has 36 heavy (non-hydrogen) atoms. The summed E-state index contributed by atoms with van der Waals surface area (Å²) in [5.41, 5.74) is 1.41. The molecular weight excluding hydrogens is 471 g/mol. The van der Waals surface area contributed by atoms with Crippen LogP contribution in [0.3, 0.4) is 0 Å². The van der Waals surface area contributed by atoms with E-state index >= 15 is 0 Å². The molecule has 1 atom stereocenters. The Morgan fingerprint density at radius 2 is 1.86 bits per heavy atom.